The third kappa shape index (κ3) is 4.78. The topological polar surface area (TPSA) is 42.0 Å². The maximum absolute atomic E-state index is 12.3. The Kier molecular flexibility index (Phi) is 4.99. The van der Waals surface area contributed by atoms with Crippen LogP contribution in [0.1, 0.15) is 49.2 Å². The Morgan fingerprint density at radius 3 is 2.26 bits per heavy atom. The van der Waals surface area contributed by atoms with Gasteiger partial charge in [0.2, 0.25) is 0 Å². The van der Waals surface area contributed by atoms with Gasteiger partial charge in [-0.15, -0.1) is 0 Å². The SMILES string of the molecule is CC(=CC(C)(C)C)c1ccc(C(=O)Nc2ncccc2C)cc1. The number of aryl methyl sites for hydroxylation is 1. The predicted molar refractivity (Wildman–Crippen MR) is 96.5 cm³/mol. The largest absolute Gasteiger partial charge is 0.306 e. The second-order valence-electron chi connectivity index (χ2n) is 6.89. The first-order chi connectivity index (χ1) is 10.8. The number of benzene rings is 1. The van der Waals surface area contributed by atoms with Crippen LogP contribution in [-0.2, 0) is 0 Å². The van der Waals surface area contributed by atoms with E-state index in [0.29, 0.717) is 11.4 Å². The third-order valence-electron chi connectivity index (χ3n) is 3.49. The quantitative estimate of drug-likeness (QED) is 0.858. The monoisotopic (exact) mass is 308 g/mol. The van der Waals surface area contributed by atoms with E-state index in [1.807, 2.05) is 43.3 Å². The van der Waals surface area contributed by atoms with Gasteiger partial charge in [0.25, 0.3) is 5.91 Å². The second kappa shape index (κ2) is 6.78. The predicted octanol–water partition coefficient (Wildman–Crippen LogP) is 5.09. The van der Waals surface area contributed by atoms with Gasteiger partial charge in [-0.2, -0.15) is 0 Å². The molecule has 3 heteroatoms. The van der Waals surface area contributed by atoms with Gasteiger partial charge in [0.1, 0.15) is 5.82 Å². The maximum atomic E-state index is 12.3. The fourth-order valence-electron chi connectivity index (χ4n) is 2.41. The third-order valence-corrected chi connectivity index (χ3v) is 3.49. The zero-order valence-electron chi connectivity index (χ0n) is 14.5. The summed E-state index contributed by atoms with van der Waals surface area (Å²) in [5, 5.41) is 2.85. The average molecular weight is 308 g/mol. The van der Waals surface area contributed by atoms with Crippen molar-refractivity contribution in [2.75, 3.05) is 5.32 Å². The summed E-state index contributed by atoms with van der Waals surface area (Å²) >= 11 is 0. The first kappa shape index (κ1) is 16.9. The molecule has 2 aromatic rings. The van der Waals surface area contributed by atoms with Crippen LogP contribution in [0.2, 0.25) is 0 Å². The van der Waals surface area contributed by atoms with Gasteiger partial charge < -0.3 is 5.32 Å². The van der Waals surface area contributed by atoms with Crippen LogP contribution in [0.4, 0.5) is 5.82 Å². The molecule has 1 aromatic carbocycles. The van der Waals surface area contributed by atoms with Crippen molar-refractivity contribution in [3.8, 4) is 0 Å². The Bertz CT molecular complexity index is 722. The fourth-order valence-corrected chi connectivity index (χ4v) is 2.41. The van der Waals surface area contributed by atoms with Crippen molar-refractivity contribution >= 4 is 17.3 Å². The lowest BCUT2D eigenvalue weighted by Gasteiger charge is -2.14. The van der Waals surface area contributed by atoms with Gasteiger partial charge >= 0.3 is 0 Å². The van der Waals surface area contributed by atoms with Crippen LogP contribution in [0.25, 0.3) is 5.57 Å². The molecular weight excluding hydrogens is 284 g/mol. The Balaban J connectivity index is 2.15. The highest BCUT2D eigenvalue weighted by Gasteiger charge is 2.10. The molecule has 1 amide bonds. The minimum Gasteiger partial charge on any atom is -0.306 e. The molecular formula is C20H24N2O. The van der Waals surface area contributed by atoms with E-state index in [9.17, 15) is 4.79 Å². The number of hydrogen-bond donors (Lipinski definition) is 1. The number of nitrogens with one attached hydrogen (secondary N) is 1. The van der Waals surface area contributed by atoms with E-state index >= 15 is 0 Å². The molecule has 0 aliphatic carbocycles. The highest BCUT2D eigenvalue weighted by atomic mass is 16.1. The smallest absolute Gasteiger partial charge is 0.256 e. The minimum absolute atomic E-state index is 0.136. The Morgan fingerprint density at radius 2 is 1.70 bits per heavy atom. The van der Waals surface area contributed by atoms with Crippen molar-refractivity contribution in [3.63, 3.8) is 0 Å². The summed E-state index contributed by atoms with van der Waals surface area (Å²) in [6.07, 6.45) is 3.91. The zero-order chi connectivity index (χ0) is 17.0. The summed E-state index contributed by atoms with van der Waals surface area (Å²) < 4.78 is 0. The molecule has 0 atom stereocenters. The van der Waals surface area contributed by atoms with Crippen molar-refractivity contribution in [2.24, 2.45) is 5.41 Å². The van der Waals surface area contributed by atoms with E-state index in [4.69, 9.17) is 0 Å². The van der Waals surface area contributed by atoms with Crippen LogP contribution in [-0.4, -0.2) is 10.9 Å². The van der Waals surface area contributed by atoms with E-state index in [0.717, 1.165) is 11.1 Å². The molecule has 2 rings (SSSR count). The van der Waals surface area contributed by atoms with E-state index in [-0.39, 0.29) is 11.3 Å². The van der Waals surface area contributed by atoms with Gasteiger partial charge in [0, 0.05) is 11.8 Å². The molecule has 0 unspecified atom stereocenters. The van der Waals surface area contributed by atoms with Crippen molar-refractivity contribution < 1.29 is 4.79 Å². The number of hydrogen-bond acceptors (Lipinski definition) is 2. The highest BCUT2D eigenvalue weighted by Crippen LogP contribution is 2.23. The molecule has 1 heterocycles. The lowest BCUT2D eigenvalue weighted by atomic mass is 9.91. The zero-order valence-corrected chi connectivity index (χ0v) is 14.5. The molecule has 0 saturated carbocycles. The molecule has 1 N–H and O–H groups in total. The average Bonchev–Trinajstić information content (AvgIpc) is 2.48. The molecule has 0 aliphatic rings. The van der Waals surface area contributed by atoms with Gasteiger partial charge in [-0.3, -0.25) is 4.79 Å². The van der Waals surface area contributed by atoms with Gasteiger partial charge in [-0.05, 0) is 54.2 Å². The highest BCUT2D eigenvalue weighted by molar-refractivity contribution is 6.04. The van der Waals surface area contributed by atoms with E-state index in [2.05, 4.69) is 44.1 Å². The number of amides is 1. The molecule has 0 bridgehead atoms. The number of pyridine rings is 1. The van der Waals surface area contributed by atoms with Crippen LogP contribution in [0, 0.1) is 12.3 Å². The Morgan fingerprint density at radius 1 is 1.09 bits per heavy atom. The Hall–Kier alpha value is -2.42. The maximum Gasteiger partial charge on any atom is 0.256 e. The van der Waals surface area contributed by atoms with E-state index in [1.54, 1.807) is 6.20 Å². The number of carbonyl (C=O) groups is 1. The van der Waals surface area contributed by atoms with Gasteiger partial charge in [-0.25, -0.2) is 4.98 Å². The summed E-state index contributed by atoms with van der Waals surface area (Å²) in [7, 11) is 0. The summed E-state index contributed by atoms with van der Waals surface area (Å²) in [5.41, 5.74) is 4.05. The molecule has 0 spiro atoms. The van der Waals surface area contributed by atoms with E-state index in [1.165, 1.54) is 5.57 Å². The van der Waals surface area contributed by atoms with Gasteiger partial charge in [0.05, 0.1) is 0 Å². The molecule has 23 heavy (non-hydrogen) atoms. The van der Waals surface area contributed by atoms with E-state index < -0.39 is 0 Å². The summed E-state index contributed by atoms with van der Waals surface area (Å²) in [4.78, 5) is 16.5. The fraction of sp³-hybridized carbons (Fsp3) is 0.300. The lowest BCUT2D eigenvalue weighted by molar-refractivity contribution is 0.102. The van der Waals surface area contributed by atoms with Crippen molar-refractivity contribution in [1.82, 2.24) is 4.98 Å². The van der Waals surface area contributed by atoms with Crippen LogP contribution in [0.3, 0.4) is 0 Å². The van der Waals surface area contributed by atoms with Crippen molar-refractivity contribution in [3.05, 3.63) is 65.4 Å². The number of allylic oxidation sites excluding steroid dienone is 2. The second-order valence-corrected chi connectivity index (χ2v) is 6.89. The molecule has 0 saturated heterocycles. The molecule has 0 fully saturated rings. The van der Waals surface area contributed by atoms with Crippen LogP contribution in [0.15, 0.2) is 48.7 Å². The van der Waals surface area contributed by atoms with Gasteiger partial charge in [0.15, 0.2) is 0 Å². The number of anilines is 1. The molecule has 3 nitrogen and oxygen atoms in total. The molecule has 0 aliphatic heterocycles. The standard InChI is InChI=1S/C20H24N2O/c1-14-7-6-12-21-18(14)22-19(23)17-10-8-16(9-11-17)15(2)13-20(3,4)5/h6-13H,1-5H3,(H,21,22,23). The van der Waals surface area contributed by atoms with Crippen molar-refractivity contribution in [1.29, 1.82) is 0 Å². The minimum atomic E-state index is -0.143. The summed E-state index contributed by atoms with van der Waals surface area (Å²) in [6.45, 7) is 10.5. The number of rotatable bonds is 3. The molecule has 120 valence electrons. The Labute approximate surface area is 138 Å². The normalized spacial score (nSPS) is 12.1. The number of nitrogens with zero attached hydrogens (tertiary/aromatic N) is 1. The summed E-state index contributed by atoms with van der Waals surface area (Å²) in [5.74, 6) is 0.459. The first-order valence-corrected chi connectivity index (χ1v) is 7.79. The van der Waals surface area contributed by atoms with Crippen molar-refractivity contribution in [2.45, 2.75) is 34.6 Å². The van der Waals surface area contributed by atoms with Crippen LogP contribution >= 0.6 is 0 Å². The molecule has 1 aromatic heterocycles. The first-order valence-electron chi connectivity index (χ1n) is 7.79. The number of carbonyl (C=O) groups excluding carboxylic acids is 1. The van der Waals surface area contributed by atoms with Crippen LogP contribution in [0.5, 0.6) is 0 Å². The van der Waals surface area contributed by atoms with Crippen LogP contribution < -0.4 is 5.32 Å². The summed E-state index contributed by atoms with van der Waals surface area (Å²) in [6, 6.07) is 11.4. The number of aromatic nitrogens is 1. The lowest BCUT2D eigenvalue weighted by Crippen LogP contribution is -2.13. The molecule has 0 radical (unpaired) electrons. The van der Waals surface area contributed by atoms with Gasteiger partial charge in [-0.1, -0.05) is 45.0 Å².